The van der Waals surface area contributed by atoms with E-state index in [-0.39, 0.29) is 5.78 Å². The third-order valence-corrected chi connectivity index (χ3v) is 7.34. The lowest BCUT2D eigenvalue weighted by atomic mass is 9.96. The molecule has 0 saturated carbocycles. The lowest BCUT2D eigenvalue weighted by Gasteiger charge is -2.23. The molecule has 0 bridgehead atoms. The molecule has 0 aliphatic carbocycles. The molecule has 0 spiro atoms. The van der Waals surface area contributed by atoms with Crippen molar-refractivity contribution in [3.63, 3.8) is 0 Å². The molecule has 1 saturated heterocycles. The van der Waals surface area contributed by atoms with Gasteiger partial charge in [0.25, 0.3) is 0 Å². The maximum Gasteiger partial charge on any atom is 0.179 e. The van der Waals surface area contributed by atoms with E-state index in [9.17, 15) is 4.79 Å². The molecule has 7 heteroatoms. The summed E-state index contributed by atoms with van der Waals surface area (Å²) in [7, 11) is 3.98. The number of carbonyl (C=O) groups is 1. The standard InChI is InChI=1S/C29H39ClN4O2/c1-31-15-6-17-33(2)20-28(35)29-25-8-3-4-9-26(25)34(18-14-22-7-5-16-32-19-22)27(29)21-36-24-12-10-23(30)11-13-24/h3-4,8-13,22,31-32H,5-7,14-21H2,1-2H3. The summed E-state index contributed by atoms with van der Waals surface area (Å²) in [6, 6.07) is 15.7. The number of ketones is 1. The summed E-state index contributed by atoms with van der Waals surface area (Å²) >= 11 is 6.07. The van der Waals surface area contributed by atoms with E-state index in [2.05, 4.69) is 38.3 Å². The Labute approximate surface area is 219 Å². The van der Waals surface area contributed by atoms with Gasteiger partial charge >= 0.3 is 0 Å². The van der Waals surface area contributed by atoms with Crippen LogP contribution in [0.5, 0.6) is 5.75 Å². The van der Waals surface area contributed by atoms with Crippen molar-refractivity contribution >= 4 is 28.3 Å². The molecule has 0 amide bonds. The highest BCUT2D eigenvalue weighted by molar-refractivity contribution is 6.30. The van der Waals surface area contributed by atoms with Gasteiger partial charge in [-0.15, -0.1) is 0 Å². The third-order valence-electron chi connectivity index (χ3n) is 7.09. The number of aryl methyl sites for hydroxylation is 1. The Morgan fingerprint density at radius 3 is 2.78 bits per heavy atom. The van der Waals surface area contributed by atoms with Crippen molar-refractivity contribution in [1.29, 1.82) is 0 Å². The van der Waals surface area contributed by atoms with Gasteiger partial charge in [0.1, 0.15) is 12.4 Å². The molecule has 36 heavy (non-hydrogen) atoms. The number of benzene rings is 2. The van der Waals surface area contributed by atoms with Gasteiger partial charge in [0.2, 0.25) is 0 Å². The summed E-state index contributed by atoms with van der Waals surface area (Å²) < 4.78 is 8.55. The van der Waals surface area contributed by atoms with Crippen LogP contribution >= 0.6 is 11.6 Å². The molecular formula is C29H39ClN4O2. The number of halogens is 1. The fraction of sp³-hybridized carbons (Fsp3) is 0.483. The summed E-state index contributed by atoms with van der Waals surface area (Å²) in [4.78, 5) is 15.9. The topological polar surface area (TPSA) is 58.5 Å². The van der Waals surface area contributed by atoms with Gasteiger partial charge in [0.05, 0.1) is 17.8 Å². The highest BCUT2D eigenvalue weighted by Gasteiger charge is 2.24. The van der Waals surface area contributed by atoms with Crippen LogP contribution in [0.1, 0.15) is 41.7 Å². The van der Waals surface area contributed by atoms with Crippen molar-refractivity contribution in [2.24, 2.45) is 5.92 Å². The molecule has 1 unspecified atom stereocenters. The highest BCUT2D eigenvalue weighted by atomic mass is 35.5. The Hall–Kier alpha value is -2.38. The lowest BCUT2D eigenvalue weighted by molar-refractivity contribution is 0.0944. The second-order valence-corrected chi connectivity index (χ2v) is 10.3. The molecule has 1 aliphatic heterocycles. The average molecular weight is 511 g/mol. The minimum absolute atomic E-state index is 0.144. The predicted molar refractivity (Wildman–Crippen MR) is 148 cm³/mol. The Bertz CT molecular complexity index is 1120. The molecule has 2 aromatic carbocycles. The first-order chi connectivity index (χ1) is 17.6. The molecule has 1 atom stereocenters. The van der Waals surface area contributed by atoms with Crippen LogP contribution < -0.4 is 15.4 Å². The second kappa shape index (κ2) is 13.2. The first-order valence-corrected chi connectivity index (χ1v) is 13.5. The van der Waals surface area contributed by atoms with E-state index in [1.165, 1.54) is 12.8 Å². The van der Waals surface area contributed by atoms with E-state index >= 15 is 0 Å². The van der Waals surface area contributed by atoms with Crippen molar-refractivity contribution in [2.75, 3.05) is 46.8 Å². The number of fused-ring (bicyclic) bond motifs is 1. The van der Waals surface area contributed by atoms with Gasteiger partial charge in [-0.1, -0.05) is 29.8 Å². The number of carbonyl (C=O) groups excluding carboxylic acids is 1. The summed E-state index contributed by atoms with van der Waals surface area (Å²) in [6.45, 7) is 5.59. The van der Waals surface area contributed by atoms with Crippen LogP contribution in [0.3, 0.4) is 0 Å². The molecule has 6 nitrogen and oxygen atoms in total. The van der Waals surface area contributed by atoms with E-state index in [1.54, 1.807) is 0 Å². The Morgan fingerprint density at radius 1 is 1.22 bits per heavy atom. The normalized spacial score (nSPS) is 16.1. The van der Waals surface area contributed by atoms with Gasteiger partial charge < -0.3 is 19.9 Å². The first-order valence-electron chi connectivity index (χ1n) is 13.1. The van der Waals surface area contributed by atoms with E-state index < -0.39 is 0 Å². The van der Waals surface area contributed by atoms with Crippen molar-refractivity contribution in [1.82, 2.24) is 20.1 Å². The number of ether oxygens (including phenoxy) is 1. The number of likely N-dealkylation sites (N-methyl/N-ethyl adjacent to an activating group) is 1. The van der Waals surface area contributed by atoms with Crippen molar-refractivity contribution < 1.29 is 9.53 Å². The van der Waals surface area contributed by atoms with Gasteiger partial charge in [-0.3, -0.25) is 9.69 Å². The number of para-hydroxylation sites is 1. The largest absolute Gasteiger partial charge is 0.487 e. The quantitative estimate of drug-likeness (QED) is 0.251. The maximum atomic E-state index is 13.7. The number of nitrogens with zero attached hydrogens (tertiary/aromatic N) is 2. The zero-order chi connectivity index (χ0) is 25.3. The molecule has 4 rings (SSSR count). The number of nitrogens with one attached hydrogen (secondary N) is 2. The predicted octanol–water partition coefficient (Wildman–Crippen LogP) is 4.99. The smallest absolute Gasteiger partial charge is 0.179 e. The van der Waals surface area contributed by atoms with Crippen molar-refractivity contribution in [3.8, 4) is 5.75 Å². The van der Waals surface area contributed by atoms with E-state index in [1.807, 2.05) is 44.4 Å². The monoisotopic (exact) mass is 510 g/mol. The number of rotatable bonds is 13. The molecule has 1 aromatic heterocycles. The fourth-order valence-electron chi connectivity index (χ4n) is 5.17. The number of hydrogen-bond acceptors (Lipinski definition) is 5. The summed E-state index contributed by atoms with van der Waals surface area (Å²) in [5, 5.41) is 8.40. The van der Waals surface area contributed by atoms with E-state index in [0.29, 0.717) is 24.1 Å². The lowest BCUT2D eigenvalue weighted by Crippen LogP contribution is -2.30. The zero-order valence-electron chi connectivity index (χ0n) is 21.6. The van der Waals surface area contributed by atoms with Crippen LogP contribution in [0.15, 0.2) is 48.5 Å². The fourth-order valence-corrected chi connectivity index (χ4v) is 5.29. The molecule has 194 valence electrons. The first kappa shape index (κ1) is 26.7. The van der Waals surface area contributed by atoms with Crippen molar-refractivity contribution in [2.45, 2.75) is 38.8 Å². The Kier molecular flexibility index (Phi) is 9.82. The minimum atomic E-state index is 0.144. The molecule has 1 aliphatic rings. The van der Waals surface area contributed by atoms with Crippen LogP contribution in [0.4, 0.5) is 0 Å². The summed E-state index contributed by atoms with van der Waals surface area (Å²) in [5.41, 5.74) is 2.86. The number of aromatic nitrogens is 1. The third kappa shape index (κ3) is 6.88. The second-order valence-electron chi connectivity index (χ2n) is 9.85. The van der Waals surface area contributed by atoms with Crippen LogP contribution in [0.25, 0.3) is 10.9 Å². The van der Waals surface area contributed by atoms with Gasteiger partial charge in [-0.2, -0.15) is 0 Å². The molecule has 2 N–H and O–H groups in total. The molecule has 0 radical (unpaired) electrons. The van der Waals surface area contributed by atoms with Crippen LogP contribution in [-0.2, 0) is 13.2 Å². The van der Waals surface area contributed by atoms with E-state index in [4.69, 9.17) is 16.3 Å². The minimum Gasteiger partial charge on any atom is -0.487 e. The van der Waals surface area contributed by atoms with Gasteiger partial charge in [0.15, 0.2) is 5.78 Å². The van der Waals surface area contributed by atoms with Gasteiger partial charge in [-0.25, -0.2) is 0 Å². The van der Waals surface area contributed by atoms with Gasteiger partial charge in [0, 0.05) is 22.5 Å². The van der Waals surface area contributed by atoms with Crippen LogP contribution in [-0.4, -0.2) is 62.1 Å². The molecular weight excluding hydrogens is 472 g/mol. The Morgan fingerprint density at radius 2 is 2.03 bits per heavy atom. The maximum absolute atomic E-state index is 13.7. The summed E-state index contributed by atoms with van der Waals surface area (Å²) in [5.74, 6) is 1.55. The van der Waals surface area contributed by atoms with Crippen LogP contribution in [0.2, 0.25) is 5.02 Å². The highest BCUT2D eigenvalue weighted by Crippen LogP contribution is 2.30. The van der Waals surface area contributed by atoms with Crippen molar-refractivity contribution in [3.05, 3.63) is 64.8 Å². The Balaban J connectivity index is 1.64. The van der Waals surface area contributed by atoms with Gasteiger partial charge in [-0.05, 0) is 102 Å². The number of piperidine rings is 1. The number of hydrogen-bond donors (Lipinski definition) is 2. The molecule has 1 fully saturated rings. The molecule has 3 aromatic rings. The SMILES string of the molecule is CNCCCN(C)CC(=O)c1c(COc2ccc(Cl)cc2)n(CCC2CCCNC2)c2ccccc12. The number of Topliss-reactive ketones (excluding diaryl/α,β-unsaturated/α-hetero) is 1. The zero-order valence-corrected chi connectivity index (χ0v) is 22.3. The summed E-state index contributed by atoms with van der Waals surface area (Å²) in [6.07, 6.45) is 4.57. The van der Waals surface area contributed by atoms with Crippen LogP contribution in [0, 0.1) is 5.92 Å². The average Bonchev–Trinajstić information content (AvgIpc) is 3.21. The molecule has 2 heterocycles. The van der Waals surface area contributed by atoms with E-state index in [0.717, 1.165) is 73.5 Å².